The molecule has 160 valence electrons. The van der Waals surface area contributed by atoms with Crippen LogP contribution in [0.15, 0.2) is 73.3 Å². The van der Waals surface area contributed by atoms with Crippen LogP contribution < -0.4 is 9.47 Å². The number of aldehydes is 1. The van der Waals surface area contributed by atoms with E-state index in [0.29, 0.717) is 35.0 Å². The molecule has 4 rings (SSSR count). The zero-order valence-electron chi connectivity index (χ0n) is 16.7. The van der Waals surface area contributed by atoms with E-state index in [1.54, 1.807) is 65.7 Å². The number of nitrogens with zero attached hydrogens (tertiary/aromatic N) is 5. The number of para-hydroxylation sites is 2. The third kappa shape index (κ3) is 5.11. The second kappa shape index (κ2) is 9.47. The fourth-order valence-corrected chi connectivity index (χ4v) is 2.81. The number of benzene rings is 2. The molecule has 0 fully saturated rings. The van der Waals surface area contributed by atoms with Crippen molar-refractivity contribution >= 4 is 12.0 Å². The quantitative estimate of drug-likeness (QED) is 0.223. The molecule has 32 heavy (non-hydrogen) atoms. The predicted molar refractivity (Wildman–Crippen MR) is 113 cm³/mol. The van der Waals surface area contributed by atoms with Crippen LogP contribution in [-0.2, 0) is 13.2 Å². The molecule has 0 aliphatic rings. The zero-order valence-corrected chi connectivity index (χ0v) is 16.7. The molecule has 0 bridgehead atoms. The molecule has 0 amide bonds. The molecule has 0 spiro atoms. The van der Waals surface area contributed by atoms with Gasteiger partial charge in [0, 0.05) is 12.3 Å². The van der Waals surface area contributed by atoms with Gasteiger partial charge in [-0.15, -0.1) is 0 Å². The van der Waals surface area contributed by atoms with Crippen LogP contribution in [0, 0.1) is 10.1 Å². The van der Waals surface area contributed by atoms with Crippen LogP contribution in [0.3, 0.4) is 0 Å². The van der Waals surface area contributed by atoms with Crippen LogP contribution in [0.5, 0.6) is 17.2 Å². The molecule has 0 radical (unpaired) electrons. The van der Waals surface area contributed by atoms with Gasteiger partial charge in [-0.25, -0.2) is 0 Å². The van der Waals surface area contributed by atoms with Gasteiger partial charge < -0.3 is 9.47 Å². The molecule has 0 aliphatic carbocycles. The first-order chi connectivity index (χ1) is 15.6. The molecule has 2 aromatic carbocycles. The Hall–Kier alpha value is -4.60. The Bertz CT molecular complexity index is 1220. The summed E-state index contributed by atoms with van der Waals surface area (Å²) in [6.45, 7) is 0.623. The summed E-state index contributed by atoms with van der Waals surface area (Å²) in [5.74, 6) is 1.20. The van der Waals surface area contributed by atoms with Crippen molar-refractivity contribution in [3.63, 3.8) is 0 Å². The maximum Gasteiger partial charge on any atom is 0.311 e. The smallest absolute Gasteiger partial charge is 0.311 e. The third-order valence-electron chi connectivity index (χ3n) is 4.37. The fraction of sp³-hybridized carbons (Fsp3) is 0.0909. The first-order valence-corrected chi connectivity index (χ1v) is 9.52. The van der Waals surface area contributed by atoms with E-state index < -0.39 is 4.92 Å². The van der Waals surface area contributed by atoms with Crippen molar-refractivity contribution in [1.82, 2.24) is 19.7 Å². The van der Waals surface area contributed by atoms with Crippen LogP contribution in [0.1, 0.15) is 21.7 Å². The summed E-state index contributed by atoms with van der Waals surface area (Å²) in [7, 11) is 0. The highest BCUT2D eigenvalue weighted by Crippen LogP contribution is 2.31. The summed E-state index contributed by atoms with van der Waals surface area (Å²) < 4.78 is 12.9. The average molecular weight is 431 g/mol. The lowest BCUT2D eigenvalue weighted by atomic mass is 10.3. The van der Waals surface area contributed by atoms with E-state index in [1.165, 1.54) is 12.3 Å². The van der Waals surface area contributed by atoms with E-state index in [4.69, 9.17) is 9.47 Å². The van der Waals surface area contributed by atoms with Gasteiger partial charge in [0.2, 0.25) is 5.75 Å². The van der Waals surface area contributed by atoms with Crippen molar-refractivity contribution in [3.8, 4) is 17.2 Å². The summed E-state index contributed by atoms with van der Waals surface area (Å²) in [4.78, 5) is 30.0. The molecule has 2 aromatic heterocycles. The third-order valence-corrected chi connectivity index (χ3v) is 4.37. The molecular weight excluding hydrogens is 414 g/mol. The van der Waals surface area contributed by atoms with Crippen LogP contribution in [0.2, 0.25) is 0 Å². The van der Waals surface area contributed by atoms with Crippen molar-refractivity contribution in [2.45, 2.75) is 13.2 Å². The minimum Gasteiger partial charge on any atom is -0.487 e. The molecule has 0 unspecified atom stereocenters. The molecule has 2 heterocycles. The summed E-state index contributed by atoms with van der Waals surface area (Å²) in [6, 6.07) is 12.9. The van der Waals surface area contributed by atoms with Gasteiger partial charge in [0.05, 0.1) is 47.0 Å². The van der Waals surface area contributed by atoms with Crippen molar-refractivity contribution in [2.75, 3.05) is 0 Å². The lowest BCUT2D eigenvalue weighted by Gasteiger charge is -2.09. The number of hydrogen-bond donors (Lipinski definition) is 0. The summed E-state index contributed by atoms with van der Waals surface area (Å²) in [5.41, 5.74) is 1.74. The van der Waals surface area contributed by atoms with Gasteiger partial charge in [0.25, 0.3) is 0 Å². The SMILES string of the molecule is O=Cc1cnn(Cc2cnc(COc3ccc(Oc4ccccc4[N+](=O)[O-])cc3)cn2)c1. The number of nitro benzene ring substituents is 1. The number of hydrogen-bond acceptors (Lipinski definition) is 8. The number of carbonyl (C=O) groups excluding carboxylic acids is 1. The highest BCUT2D eigenvalue weighted by Gasteiger charge is 2.14. The summed E-state index contributed by atoms with van der Waals surface area (Å²) >= 11 is 0. The van der Waals surface area contributed by atoms with Crippen molar-refractivity contribution < 1.29 is 19.2 Å². The van der Waals surface area contributed by atoms with E-state index in [0.717, 1.165) is 6.29 Å². The van der Waals surface area contributed by atoms with E-state index >= 15 is 0 Å². The standard InChI is InChI=1S/C22H17N5O5/c28-14-16-9-25-26(12-16)13-17-10-24-18(11-23-17)15-31-19-5-7-20(8-6-19)32-22-4-2-1-3-21(22)27(29)30/h1-12,14H,13,15H2. The van der Waals surface area contributed by atoms with Gasteiger partial charge in [-0.3, -0.25) is 29.6 Å². The minimum atomic E-state index is -0.489. The van der Waals surface area contributed by atoms with E-state index in [9.17, 15) is 14.9 Å². The predicted octanol–water partition coefficient (Wildman–Crippen LogP) is 3.81. The van der Waals surface area contributed by atoms with E-state index in [2.05, 4.69) is 15.1 Å². The number of aromatic nitrogens is 4. The van der Waals surface area contributed by atoms with Crippen LogP contribution in [0.25, 0.3) is 0 Å². The maximum atomic E-state index is 11.1. The molecule has 0 aliphatic heterocycles. The average Bonchev–Trinajstić information content (AvgIpc) is 3.27. The Morgan fingerprint density at radius 3 is 2.38 bits per heavy atom. The van der Waals surface area contributed by atoms with Crippen LogP contribution in [0.4, 0.5) is 5.69 Å². The van der Waals surface area contributed by atoms with Gasteiger partial charge in [-0.2, -0.15) is 5.10 Å². The Labute approximate surface area is 182 Å². The Morgan fingerprint density at radius 2 is 1.69 bits per heavy atom. The number of rotatable bonds is 9. The lowest BCUT2D eigenvalue weighted by Crippen LogP contribution is -2.05. The van der Waals surface area contributed by atoms with Gasteiger partial charge >= 0.3 is 5.69 Å². The van der Waals surface area contributed by atoms with Gasteiger partial charge in [0.1, 0.15) is 18.1 Å². The fourth-order valence-electron chi connectivity index (χ4n) is 2.81. The highest BCUT2D eigenvalue weighted by atomic mass is 16.6. The van der Waals surface area contributed by atoms with E-state index in [-0.39, 0.29) is 18.0 Å². The lowest BCUT2D eigenvalue weighted by molar-refractivity contribution is -0.385. The monoisotopic (exact) mass is 431 g/mol. The number of ether oxygens (including phenoxy) is 2. The normalized spacial score (nSPS) is 10.5. The molecule has 4 aromatic rings. The molecule has 0 N–H and O–H groups in total. The van der Waals surface area contributed by atoms with Crippen LogP contribution >= 0.6 is 0 Å². The van der Waals surface area contributed by atoms with Gasteiger partial charge in [0.15, 0.2) is 6.29 Å². The first kappa shape index (κ1) is 20.7. The Balaban J connectivity index is 1.32. The second-order valence-corrected chi connectivity index (χ2v) is 6.68. The molecule has 0 saturated carbocycles. The first-order valence-electron chi connectivity index (χ1n) is 9.52. The van der Waals surface area contributed by atoms with E-state index in [1.807, 2.05) is 0 Å². The second-order valence-electron chi connectivity index (χ2n) is 6.68. The maximum absolute atomic E-state index is 11.1. The van der Waals surface area contributed by atoms with Crippen molar-refractivity contribution in [3.05, 3.63) is 100 Å². The largest absolute Gasteiger partial charge is 0.487 e. The Morgan fingerprint density at radius 1 is 0.969 bits per heavy atom. The molecule has 0 atom stereocenters. The van der Waals surface area contributed by atoms with Crippen molar-refractivity contribution in [2.24, 2.45) is 0 Å². The molecule has 10 heteroatoms. The van der Waals surface area contributed by atoms with Crippen LogP contribution in [-0.4, -0.2) is 31.0 Å². The topological polar surface area (TPSA) is 122 Å². The minimum absolute atomic E-state index is 0.105. The molecule has 10 nitrogen and oxygen atoms in total. The summed E-state index contributed by atoms with van der Waals surface area (Å²) in [5, 5.41) is 15.2. The zero-order chi connectivity index (χ0) is 22.3. The highest BCUT2D eigenvalue weighted by molar-refractivity contribution is 5.73. The summed E-state index contributed by atoms with van der Waals surface area (Å²) in [6.07, 6.45) is 7.10. The molecular formula is C22H17N5O5. The van der Waals surface area contributed by atoms with Gasteiger partial charge in [-0.05, 0) is 30.3 Å². The van der Waals surface area contributed by atoms with Gasteiger partial charge in [-0.1, -0.05) is 12.1 Å². The van der Waals surface area contributed by atoms with Crippen molar-refractivity contribution in [1.29, 1.82) is 0 Å². The number of carbonyl (C=O) groups is 1. The molecule has 0 saturated heterocycles. The Kier molecular flexibility index (Phi) is 6.12. The number of nitro groups is 1.